The van der Waals surface area contributed by atoms with E-state index in [2.05, 4.69) is 15.9 Å². The van der Waals surface area contributed by atoms with Gasteiger partial charge in [0.2, 0.25) is 0 Å². The van der Waals surface area contributed by atoms with Crippen LogP contribution in [0.15, 0.2) is 16.6 Å². The summed E-state index contributed by atoms with van der Waals surface area (Å²) in [5.74, 6) is -1.08. The zero-order valence-corrected chi connectivity index (χ0v) is 10.3. The summed E-state index contributed by atoms with van der Waals surface area (Å²) in [6, 6.07) is 0.245. The van der Waals surface area contributed by atoms with Crippen LogP contribution in [0.2, 0.25) is 5.02 Å². The van der Waals surface area contributed by atoms with Gasteiger partial charge >= 0.3 is 6.18 Å². The van der Waals surface area contributed by atoms with Crippen molar-refractivity contribution < 1.29 is 17.6 Å². The second-order valence-electron chi connectivity index (χ2n) is 3.03. The molecule has 0 amide bonds. The molecule has 0 fully saturated rings. The maximum absolute atomic E-state index is 13.5. The zero-order chi connectivity index (χ0) is 12.5. The average molecular weight is 321 g/mol. The van der Waals surface area contributed by atoms with Crippen molar-refractivity contribution >= 4 is 27.5 Å². The fraction of sp³-hybridized carbons (Fsp3) is 0.333. The van der Waals surface area contributed by atoms with E-state index in [1.54, 1.807) is 0 Å². The van der Waals surface area contributed by atoms with Gasteiger partial charge in [-0.25, -0.2) is 4.39 Å². The van der Waals surface area contributed by atoms with Gasteiger partial charge in [0.05, 0.1) is 5.02 Å². The molecule has 0 saturated heterocycles. The molecule has 1 atom stereocenters. The van der Waals surface area contributed by atoms with E-state index in [1.165, 1.54) is 6.07 Å². The molecule has 0 heterocycles. The predicted molar refractivity (Wildman–Crippen MR) is 57.0 cm³/mol. The van der Waals surface area contributed by atoms with E-state index < -0.39 is 23.6 Å². The third-order valence-corrected chi connectivity index (χ3v) is 3.25. The summed E-state index contributed by atoms with van der Waals surface area (Å²) in [5.41, 5.74) is -0.525. The van der Waals surface area contributed by atoms with Gasteiger partial charge in [-0.1, -0.05) is 17.7 Å². The topological polar surface area (TPSA) is 12.0 Å². The summed E-state index contributed by atoms with van der Waals surface area (Å²) in [6.07, 6.45) is -4.58. The van der Waals surface area contributed by atoms with Gasteiger partial charge in [0.25, 0.3) is 0 Å². The van der Waals surface area contributed by atoms with Crippen LogP contribution in [-0.2, 0) is 0 Å². The number of hydrogen-bond acceptors (Lipinski definition) is 1. The molecule has 0 spiro atoms. The standard InChI is InChI=1S/C9H7BrClF4N/c1-16-8(9(13,14)15)4-2-3-5(10)6(11)7(4)12/h2-3,8,16H,1H3. The second kappa shape index (κ2) is 4.89. The first-order valence-electron chi connectivity index (χ1n) is 4.16. The normalized spacial score (nSPS) is 13.9. The van der Waals surface area contributed by atoms with E-state index in [0.717, 1.165) is 13.1 Å². The fourth-order valence-electron chi connectivity index (χ4n) is 1.26. The van der Waals surface area contributed by atoms with Crippen LogP contribution in [0.3, 0.4) is 0 Å². The van der Waals surface area contributed by atoms with Crippen molar-refractivity contribution in [2.75, 3.05) is 7.05 Å². The van der Waals surface area contributed by atoms with Crippen LogP contribution in [-0.4, -0.2) is 13.2 Å². The molecule has 0 aliphatic carbocycles. The number of halogens is 6. The van der Waals surface area contributed by atoms with Gasteiger partial charge in [0.15, 0.2) is 0 Å². The highest BCUT2D eigenvalue weighted by Crippen LogP contribution is 2.37. The summed E-state index contributed by atoms with van der Waals surface area (Å²) in [7, 11) is 1.10. The van der Waals surface area contributed by atoms with Gasteiger partial charge in [-0.05, 0) is 29.0 Å². The van der Waals surface area contributed by atoms with Crippen LogP contribution in [0.4, 0.5) is 17.6 Å². The Balaban J connectivity index is 3.27. The first-order valence-corrected chi connectivity index (χ1v) is 5.33. The van der Waals surface area contributed by atoms with Crippen molar-refractivity contribution in [1.82, 2.24) is 5.32 Å². The molecule has 16 heavy (non-hydrogen) atoms. The minimum Gasteiger partial charge on any atom is -0.305 e. The van der Waals surface area contributed by atoms with Crippen LogP contribution < -0.4 is 5.32 Å². The largest absolute Gasteiger partial charge is 0.408 e. The van der Waals surface area contributed by atoms with Crippen molar-refractivity contribution in [2.45, 2.75) is 12.2 Å². The minimum atomic E-state index is -4.58. The molecule has 0 aliphatic rings. The van der Waals surface area contributed by atoms with E-state index >= 15 is 0 Å². The number of benzene rings is 1. The van der Waals surface area contributed by atoms with Gasteiger partial charge in [0.1, 0.15) is 11.9 Å². The first-order chi connectivity index (χ1) is 7.29. The highest BCUT2D eigenvalue weighted by atomic mass is 79.9. The lowest BCUT2D eigenvalue weighted by Crippen LogP contribution is -2.32. The van der Waals surface area contributed by atoms with Crippen molar-refractivity contribution in [2.24, 2.45) is 0 Å². The smallest absolute Gasteiger partial charge is 0.305 e. The number of nitrogens with one attached hydrogen (secondary N) is 1. The summed E-state index contributed by atoms with van der Waals surface area (Å²) < 4.78 is 51.3. The van der Waals surface area contributed by atoms with E-state index in [9.17, 15) is 17.6 Å². The van der Waals surface area contributed by atoms with E-state index in [4.69, 9.17) is 11.6 Å². The molecule has 1 unspecified atom stereocenters. The predicted octanol–water partition coefficient (Wildman–Crippen LogP) is 4.06. The Bertz CT molecular complexity index is 394. The average Bonchev–Trinajstić information content (AvgIpc) is 2.17. The van der Waals surface area contributed by atoms with Gasteiger partial charge in [-0.3, -0.25) is 0 Å². The van der Waals surface area contributed by atoms with Crippen molar-refractivity contribution in [3.05, 3.63) is 33.0 Å². The van der Waals surface area contributed by atoms with Gasteiger partial charge in [-0.2, -0.15) is 13.2 Å². The van der Waals surface area contributed by atoms with Crippen molar-refractivity contribution in [3.63, 3.8) is 0 Å². The number of alkyl halides is 3. The van der Waals surface area contributed by atoms with Gasteiger partial charge in [0, 0.05) is 10.0 Å². The third kappa shape index (κ3) is 2.67. The zero-order valence-electron chi connectivity index (χ0n) is 8.00. The first kappa shape index (κ1) is 13.7. The maximum atomic E-state index is 13.5. The Labute approximate surface area is 103 Å². The quantitative estimate of drug-likeness (QED) is 0.640. The third-order valence-electron chi connectivity index (χ3n) is 1.99. The molecule has 0 aliphatic heterocycles. The van der Waals surface area contributed by atoms with E-state index in [0.29, 0.717) is 0 Å². The summed E-state index contributed by atoms with van der Waals surface area (Å²) >= 11 is 8.45. The van der Waals surface area contributed by atoms with Gasteiger partial charge < -0.3 is 5.32 Å². The Hall–Kier alpha value is -0.330. The molecule has 1 aromatic rings. The van der Waals surface area contributed by atoms with Crippen LogP contribution in [0.25, 0.3) is 0 Å². The summed E-state index contributed by atoms with van der Waals surface area (Å²) in [5, 5.41) is 1.65. The highest BCUT2D eigenvalue weighted by molar-refractivity contribution is 9.10. The molecule has 0 radical (unpaired) electrons. The molecular weight excluding hydrogens is 313 g/mol. The van der Waals surface area contributed by atoms with E-state index in [-0.39, 0.29) is 9.50 Å². The molecule has 0 aromatic heterocycles. The lowest BCUT2D eigenvalue weighted by molar-refractivity contribution is -0.156. The van der Waals surface area contributed by atoms with Gasteiger partial charge in [-0.15, -0.1) is 0 Å². The number of rotatable bonds is 2. The molecule has 7 heteroatoms. The summed E-state index contributed by atoms with van der Waals surface area (Å²) in [4.78, 5) is 0. The highest BCUT2D eigenvalue weighted by Gasteiger charge is 2.41. The van der Waals surface area contributed by atoms with Crippen LogP contribution in [0.5, 0.6) is 0 Å². The maximum Gasteiger partial charge on any atom is 0.408 e. The monoisotopic (exact) mass is 319 g/mol. The molecule has 1 aromatic carbocycles. The Morgan fingerprint density at radius 3 is 2.38 bits per heavy atom. The van der Waals surface area contributed by atoms with Crippen LogP contribution >= 0.6 is 27.5 Å². The molecular formula is C9H7BrClF4N. The lowest BCUT2D eigenvalue weighted by atomic mass is 10.1. The second-order valence-corrected chi connectivity index (χ2v) is 4.26. The van der Waals surface area contributed by atoms with Crippen LogP contribution in [0.1, 0.15) is 11.6 Å². The fourth-order valence-corrected chi connectivity index (χ4v) is 1.74. The lowest BCUT2D eigenvalue weighted by Gasteiger charge is -2.21. The van der Waals surface area contributed by atoms with E-state index in [1.807, 2.05) is 5.32 Å². The number of hydrogen-bond donors (Lipinski definition) is 1. The SMILES string of the molecule is CNC(c1ccc(Br)c(Cl)c1F)C(F)(F)F. The Kier molecular flexibility index (Phi) is 4.20. The molecule has 0 saturated carbocycles. The molecule has 1 nitrogen and oxygen atoms in total. The summed E-state index contributed by atoms with van der Waals surface area (Å²) in [6.45, 7) is 0. The van der Waals surface area contributed by atoms with Crippen molar-refractivity contribution in [1.29, 1.82) is 0 Å². The Morgan fingerprint density at radius 1 is 1.38 bits per heavy atom. The van der Waals surface area contributed by atoms with Crippen LogP contribution in [0, 0.1) is 5.82 Å². The Morgan fingerprint density at radius 2 is 1.94 bits per heavy atom. The molecule has 1 rings (SSSR count). The molecule has 0 bridgehead atoms. The minimum absolute atomic E-state index is 0.215. The van der Waals surface area contributed by atoms with Crippen molar-refractivity contribution in [3.8, 4) is 0 Å². The molecule has 90 valence electrons. The molecule has 1 N–H and O–H groups in total.